The molecule has 1 aromatic rings. The fourth-order valence-electron chi connectivity index (χ4n) is 2.78. The fraction of sp³-hybridized carbons (Fsp3) is 0.846. The van der Waals surface area contributed by atoms with Gasteiger partial charge in [-0.2, -0.15) is 0 Å². The summed E-state index contributed by atoms with van der Waals surface area (Å²) in [5, 5.41) is 11.5. The van der Waals surface area contributed by atoms with E-state index in [4.69, 9.17) is 0 Å². The zero-order valence-electron chi connectivity index (χ0n) is 12.0. The van der Waals surface area contributed by atoms with Gasteiger partial charge in [0.15, 0.2) is 5.16 Å². The summed E-state index contributed by atoms with van der Waals surface area (Å²) in [6.07, 6.45) is 4.99. The Morgan fingerprint density at radius 1 is 1.47 bits per heavy atom. The number of nitrogens with one attached hydrogen (secondary N) is 2. The Hall–Kier alpha value is -0.750. The Balaban J connectivity index is 2.08. The van der Waals surface area contributed by atoms with Crippen LogP contribution in [0.3, 0.4) is 0 Å². The number of hydrogen-bond donors (Lipinski definition) is 2. The van der Waals surface area contributed by atoms with Gasteiger partial charge in [-0.1, -0.05) is 32.0 Å². The molecule has 1 heterocycles. The Bertz CT molecular complexity index is 456. The molecule has 108 valence electrons. The second kappa shape index (κ2) is 6.61. The van der Waals surface area contributed by atoms with Crippen LogP contribution in [0.5, 0.6) is 0 Å². The van der Waals surface area contributed by atoms with Gasteiger partial charge in [0.05, 0.1) is 0 Å². The molecule has 3 atom stereocenters. The molecule has 0 bridgehead atoms. The van der Waals surface area contributed by atoms with E-state index in [1.165, 1.54) is 25.7 Å². The first-order valence-corrected chi connectivity index (χ1v) is 8.05. The third kappa shape index (κ3) is 3.42. The molecule has 0 saturated heterocycles. The number of aromatic amines is 1. The van der Waals surface area contributed by atoms with Crippen LogP contribution in [-0.4, -0.2) is 32.6 Å². The molecular weight excluding hydrogens is 260 g/mol. The summed E-state index contributed by atoms with van der Waals surface area (Å²) in [4.78, 5) is 11.4. The summed E-state index contributed by atoms with van der Waals surface area (Å²) in [6.45, 7) is 5.42. The van der Waals surface area contributed by atoms with Gasteiger partial charge < -0.3 is 5.32 Å². The quantitative estimate of drug-likeness (QED) is 0.865. The maximum Gasteiger partial charge on any atom is 0.343 e. The highest BCUT2D eigenvalue weighted by molar-refractivity contribution is 7.99. The Morgan fingerprint density at radius 3 is 2.84 bits per heavy atom. The number of aromatic nitrogens is 3. The first-order chi connectivity index (χ1) is 9.15. The van der Waals surface area contributed by atoms with E-state index in [2.05, 4.69) is 29.4 Å². The lowest BCUT2D eigenvalue weighted by atomic mass is 9.84. The van der Waals surface area contributed by atoms with Crippen molar-refractivity contribution in [3.63, 3.8) is 0 Å². The molecule has 0 spiro atoms. The standard InChI is InChI=1S/C13H24N4OS/c1-4-9-6-7-10(14-5-2)11(8-9)19-13-16-15-12(18)17(13)3/h9-11,14H,4-8H2,1-3H3,(H,15,18). The molecular formula is C13H24N4OS. The Kier molecular flexibility index (Phi) is 5.10. The molecule has 1 aliphatic carbocycles. The van der Waals surface area contributed by atoms with Gasteiger partial charge in [-0.15, -0.1) is 5.10 Å². The van der Waals surface area contributed by atoms with Crippen molar-refractivity contribution in [1.29, 1.82) is 0 Å². The van der Waals surface area contributed by atoms with Crippen molar-refractivity contribution in [2.24, 2.45) is 13.0 Å². The number of thioether (sulfide) groups is 1. The monoisotopic (exact) mass is 284 g/mol. The zero-order valence-corrected chi connectivity index (χ0v) is 12.8. The summed E-state index contributed by atoms with van der Waals surface area (Å²) >= 11 is 1.74. The van der Waals surface area contributed by atoms with Crippen LogP contribution >= 0.6 is 11.8 Å². The van der Waals surface area contributed by atoms with Gasteiger partial charge in [-0.25, -0.2) is 9.89 Å². The SMILES string of the molecule is CCNC1CCC(CC)CC1Sc1n[nH]c(=O)n1C. The molecule has 5 nitrogen and oxygen atoms in total. The van der Waals surface area contributed by atoms with Crippen LogP contribution in [0.1, 0.15) is 39.5 Å². The van der Waals surface area contributed by atoms with Crippen molar-refractivity contribution in [1.82, 2.24) is 20.1 Å². The van der Waals surface area contributed by atoms with Crippen LogP contribution in [-0.2, 0) is 7.05 Å². The molecule has 0 radical (unpaired) electrons. The molecule has 0 aromatic carbocycles. The van der Waals surface area contributed by atoms with E-state index in [0.717, 1.165) is 17.6 Å². The molecule has 6 heteroatoms. The normalized spacial score (nSPS) is 27.6. The van der Waals surface area contributed by atoms with Crippen LogP contribution in [0.2, 0.25) is 0 Å². The third-order valence-corrected chi connectivity index (χ3v) is 5.44. The van der Waals surface area contributed by atoms with Crippen molar-refractivity contribution in [3.05, 3.63) is 10.5 Å². The van der Waals surface area contributed by atoms with E-state index in [-0.39, 0.29) is 5.69 Å². The highest BCUT2D eigenvalue weighted by Gasteiger charge is 2.31. The van der Waals surface area contributed by atoms with Crippen LogP contribution in [0.15, 0.2) is 9.95 Å². The lowest BCUT2D eigenvalue weighted by Crippen LogP contribution is -2.42. The van der Waals surface area contributed by atoms with Gasteiger partial charge in [0, 0.05) is 18.3 Å². The predicted octanol–water partition coefficient (Wildman–Crippen LogP) is 1.76. The minimum atomic E-state index is -0.134. The van der Waals surface area contributed by atoms with Gasteiger partial charge >= 0.3 is 5.69 Å². The lowest BCUT2D eigenvalue weighted by molar-refractivity contribution is 0.297. The van der Waals surface area contributed by atoms with Gasteiger partial charge in [-0.3, -0.25) is 4.57 Å². The lowest BCUT2D eigenvalue weighted by Gasteiger charge is -2.35. The molecule has 2 rings (SSSR count). The first-order valence-electron chi connectivity index (χ1n) is 7.17. The van der Waals surface area contributed by atoms with Crippen molar-refractivity contribution in [3.8, 4) is 0 Å². The molecule has 2 N–H and O–H groups in total. The van der Waals surface area contributed by atoms with Crippen LogP contribution in [0.4, 0.5) is 0 Å². The molecule has 1 fully saturated rings. The number of rotatable bonds is 5. The van der Waals surface area contributed by atoms with E-state index in [1.807, 2.05) is 0 Å². The van der Waals surface area contributed by atoms with Crippen molar-refractivity contribution >= 4 is 11.8 Å². The molecule has 0 aliphatic heterocycles. The van der Waals surface area contributed by atoms with Gasteiger partial charge in [-0.05, 0) is 31.7 Å². The van der Waals surface area contributed by atoms with Crippen molar-refractivity contribution < 1.29 is 0 Å². The molecule has 1 saturated carbocycles. The summed E-state index contributed by atoms with van der Waals surface area (Å²) in [6, 6.07) is 0.532. The van der Waals surface area contributed by atoms with Crippen molar-refractivity contribution in [2.45, 2.75) is 56.0 Å². The maximum absolute atomic E-state index is 11.4. The fourth-order valence-corrected chi connectivity index (χ4v) is 4.16. The highest BCUT2D eigenvalue weighted by atomic mass is 32.2. The van der Waals surface area contributed by atoms with E-state index in [1.54, 1.807) is 23.4 Å². The molecule has 3 unspecified atom stereocenters. The average molecular weight is 284 g/mol. The van der Waals surface area contributed by atoms with Crippen molar-refractivity contribution in [2.75, 3.05) is 6.54 Å². The minimum Gasteiger partial charge on any atom is -0.313 e. The van der Waals surface area contributed by atoms with E-state index in [0.29, 0.717) is 11.3 Å². The largest absolute Gasteiger partial charge is 0.343 e. The molecule has 1 aromatic heterocycles. The Morgan fingerprint density at radius 2 is 2.26 bits per heavy atom. The molecule has 0 amide bonds. The van der Waals surface area contributed by atoms with E-state index >= 15 is 0 Å². The Labute approximate surface area is 118 Å². The summed E-state index contributed by atoms with van der Waals surface area (Å²) in [5.74, 6) is 0.809. The van der Waals surface area contributed by atoms with Crippen LogP contribution in [0, 0.1) is 5.92 Å². The number of nitrogens with zero attached hydrogens (tertiary/aromatic N) is 2. The van der Waals surface area contributed by atoms with Crippen LogP contribution < -0.4 is 11.0 Å². The minimum absolute atomic E-state index is 0.134. The van der Waals surface area contributed by atoms with E-state index < -0.39 is 0 Å². The summed E-state index contributed by atoms with van der Waals surface area (Å²) in [7, 11) is 1.77. The van der Waals surface area contributed by atoms with Crippen LogP contribution in [0.25, 0.3) is 0 Å². The van der Waals surface area contributed by atoms with Gasteiger partial charge in [0.25, 0.3) is 0 Å². The maximum atomic E-state index is 11.4. The summed E-state index contributed by atoms with van der Waals surface area (Å²) in [5.41, 5.74) is -0.134. The zero-order chi connectivity index (χ0) is 13.8. The first kappa shape index (κ1) is 14.7. The average Bonchev–Trinajstić information content (AvgIpc) is 2.73. The molecule has 1 aliphatic rings. The second-order valence-corrected chi connectivity index (χ2v) is 6.48. The van der Waals surface area contributed by atoms with Gasteiger partial charge in [0.1, 0.15) is 0 Å². The predicted molar refractivity (Wildman–Crippen MR) is 78.6 cm³/mol. The second-order valence-electron chi connectivity index (χ2n) is 5.28. The number of H-pyrrole nitrogens is 1. The molecule has 19 heavy (non-hydrogen) atoms. The highest BCUT2D eigenvalue weighted by Crippen LogP contribution is 2.36. The van der Waals surface area contributed by atoms with E-state index in [9.17, 15) is 4.79 Å². The third-order valence-electron chi connectivity index (χ3n) is 4.04. The smallest absolute Gasteiger partial charge is 0.313 e. The topological polar surface area (TPSA) is 62.7 Å². The summed E-state index contributed by atoms with van der Waals surface area (Å²) < 4.78 is 1.60. The number of hydrogen-bond acceptors (Lipinski definition) is 4. The van der Waals surface area contributed by atoms with Gasteiger partial charge in [0.2, 0.25) is 0 Å².